The quantitative estimate of drug-likeness (QED) is 0.725. The minimum atomic E-state index is 0.485. The maximum Gasteiger partial charge on any atom is 0.128 e. The van der Waals surface area contributed by atoms with Crippen molar-refractivity contribution in [3.05, 3.63) is 59.3 Å². The normalized spacial score (nSPS) is 15.6. The first-order valence-electron chi connectivity index (χ1n) is 8.26. The Bertz CT molecular complexity index is 829. The molecule has 1 fully saturated rings. The van der Waals surface area contributed by atoms with Crippen molar-refractivity contribution in [1.82, 2.24) is 9.97 Å². The highest BCUT2D eigenvalue weighted by atomic mass is 79.9. The number of pyridine rings is 2. The van der Waals surface area contributed by atoms with E-state index >= 15 is 0 Å². The fourth-order valence-corrected chi connectivity index (χ4v) is 3.61. The Morgan fingerprint density at radius 2 is 1.88 bits per heavy atom. The number of rotatable bonds is 3. The van der Waals surface area contributed by atoms with Crippen LogP contribution in [0.1, 0.15) is 12.8 Å². The molecule has 1 aliphatic heterocycles. The average Bonchev–Trinajstić information content (AvgIpc) is 2.63. The summed E-state index contributed by atoms with van der Waals surface area (Å²) < 4.78 is 1.06. The number of nitrogens with zero attached hydrogens (tertiary/aromatic N) is 3. The Balaban J connectivity index is 1.46. The second kappa shape index (κ2) is 6.77. The van der Waals surface area contributed by atoms with Gasteiger partial charge in [0.15, 0.2) is 0 Å². The molecule has 3 aromatic rings. The molecule has 1 aromatic carbocycles. The zero-order valence-corrected chi connectivity index (χ0v) is 14.9. The smallest absolute Gasteiger partial charge is 0.128 e. The van der Waals surface area contributed by atoms with Crippen LogP contribution in [0.15, 0.2) is 59.3 Å². The number of halogens is 1. The van der Waals surface area contributed by atoms with E-state index in [4.69, 9.17) is 0 Å². The lowest BCUT2D eigenvalue weighted by atomic mass is 10.0. The summed E-state index contributed by atoms with van der Waals surface area (Å²) in [6.07, 6.45) is 5.95. The fourth-order valence-electron chi connectivity index (χ4n) is 3.26. The van der Waals surface area contributed by atoms with Gasteiger partial charge in [-0.2, -0.15) is 0 Å². The zero-order valence-electron chi connectivity index (χ0n) is 13.3. The van der Waals surface area contributed by atoms with Crippen LogP contribution in [0.3, 0.4) is 0 Å². The predicted molar refractivity (Wildman–Crippen MR) is 103 cm³/mol. The number of hydrogen-bond donors (Lipinski definition) is 1. The van der Waals surface area contributed by atoms with Gasteiger partial charge in [-0.05, 0) is 49.2 Å². The van der Waals surface area contributed by atoms with Crippen LogP contribution in [0.25, 0.3) is 10.9 Å². The molecule has 0 saturated carbocycles. The molecule has 0 aliphatic carbocycles. The molecule has 0 amide bonds. The maximum atomic E-state index is 4.46. The van der Waals surface area contributed by atoms with Crippen molar-refractivity contribution in [2.24, 2.45) is 0 Å². The van der Waals surface area contributed by atoms with Crippen LogP contribution in [-0.2, 0) is 0 Å². The Hall–Kier alpha value is -2.14. The topological polar surface area (TPSA) is 41.0 Å². The van der Waals surface area contributed by atoms with Crippen LogP contribution in [0.2, 0.25) is 0 Å². The largest absolute Gasteiger partial charge is 0.382 e. The molecule has 4 rings (SSSR count). The molecule has 24 heavy (non-hydrogen) atoms. The summed E-state index contributed by atoms with van der Waals surface area (Å²) in [5.41, 5.74) is 2.18. The van der Waals surface area contributed by atoms with Crippen LogP contribution >= 0.6 is 15.9 Å². The van der Waals surface area contributed by atoms with Gasteiger partial charge in [-0.15, -0.1) is 0 Å². The molecule has 0 bridgehead atoms. The van der Waals surface area contributed by atoms with Crippen molar-refractivity contribution in [2.45, 2.75) is 18.9 Å². The molecule has 1 aliphatic rings. The summed E-state index contributed by atoms with van der Waals surface area (Å²) in [5.74, 6) is 1.08. The Labute approximate surface area is 150 Å². The van der Waals surface area contributed by atoms with Crippen molar-refractivity contribution in [3.63, 3.8) is 0 Å². The van der Waals surface area contributed by atoms with E-state index in [1.807, 2.05) is 24.5 Å². The number of benzene rings is 1. The van der Waals surface area contributed by atoms with Crippen molar-refractivity contribution in [1.29, 1.82) is 0 Å². The van der Waals surface area contributed by atoms with Gasteiger partial charge < -0.3 is 10.2 Å². The molecule has 3 heterocycles. The number of hydrogen-bond acceptors (Lipinski definition) is 4. The standard InChI is InChI=1S/C19H19BrN4/c20-14-4-5-16-17(6-10-21-18(16)13-14)23-15-7-11-24(12-8-15)19-3-1-2-9-22-19/h1-6,9-10,13,15H,7-8,11-12H2,(H,21,23). The highest BCUT2D eigenvalue weighted by molar-refractivity contribution is 9.10. The van der Waals surface area contributed by atoms with Gasteiger partial charge in [0, 0.05) is 47.1 Å². The Morgan fingerprint density at radius 1 is 1.00 bits per heavy atom. The van der Waals surface area contributed by atoms with Crippen molar-refractivity contribution >= 4 is 38.3 Å². The minimum absolute atomic E-state index is 0.485. The summed E-state index contributed by atoms with van der Waals surface area (Å²) >= 11 is 3.51. The van der Waals surface area contributed by atoms with E-state index < -0.39 is 0 Å². The zero-order chi connectivity index (χ0) is 16.4. The number of aromatic nitrogens is 2. The van der Waals surface area contributed by atoms with Crippen LogP contribution in [0.4, 0.5) is 11.5 Å². The summed E-state index contributed by atoms with van der Waals surface area (Å²) in [7, 11) is 0. The number of anilines is 2. The van der Waals surface area contributed by atoms with Crippen LogP contribution in [0.5, 0.6) is 0 Å². The lowest BCUT2D eigenvalue weighted by Gasteiger charge is -2.33. The van der Waals surface area contributed by atoms with Gasteiger partial charge in [-0.3, -0.25) is 4.98 Å². The van der Waals surface area contributed by atoms with Crippen LogP contribution in [-0.4, -0.2) is 29.1 Å². The number of nitrogens with one attached hydrogen (secondary N) is 1. The Kier molecular flexibility index (Phi) is 4.34. The third kappa shape index (κ3) is 3.22. The molecule has 5 heteroatoms. The van der Waals surface area contributed by atoms with E-state index in [0.29, 0.717) is 6.04 Å². The highest BCUT2D eigenvalue weighted by Crippen LogP contribution is 2.27. The molecule has 0 atom stereocenters. The van der Waals surface area contributed by atoms with Gasteiger partial charge in [-0.25, -0.2) is 4.98 Å². The van der Waals surface area contributed by atoms with Crippen molar-refractivity contribution in [3.8, 4) is 0 Å². The first kappa shape index (κ1) is 15.4. The van der Waals surface area contributed by atoms with Gasteiger partial charge >= 0.3 is 0 Å². The van der Waals surface area contributed by atoms with Crippen LogP contribution < -0.4 is 10.2 Å². The molecular weight excluding hydrogens is 364 g/mol. The fraction of sp³-hybridized carbons (Fsp3) is 0.263. The van der Waals surface area contributed by atoms with Gasteiger partial charge in [0.1, 0.15) is 5.82 Å². The summed E-state index contributed by atoms with van der Waals surface area (Å²) in [4.78, 5) is 11.3. The van der Waals surface area contributed by atoms with Crippen LogP contribution in [0, 0.1) is 0 Å². The molecule has 1 saturated heterocycles. The second-order valence-corrected chi connectivity index (χ2v) is 7.03. The molecule has 122 valence electrons. The minimum Gasteiger partial charge on any atom is -0.382 e. The summed E-state index contributed by atoms with van der Waals surface area (Å²) in [5, 5.41) is 4.89. The maximum absolute atomic E-state index is 4.46. The van der Waals surface area contributed by atoms with E-state index in [0.717, 1.165) is 41.7 Å². The number of fused-ring (bicyclic) bond motifs is 1. The SMILES string of the molecule is Brc1ccc2c(NC3CCN(c4ccccn4)CC3)ccnc2c1. The molecule has 0 spiro atoms. The third-order valence-electron chi connectivity index (χ3n) is 4.53. The summed E-state index contributed by atoms with van der Waals surface area (Å²) in [6.45, 7) is 2.06. The van der Waals surface area contributed by atoms with E-state index in [1.54, 1.807) is 0 Å². The average molecular weight is 383 g/mol. The lowest BCUT2D eigenvalue weighted by Crippen LogP contribution is -2.39. The van der Waals surface area contributed by atoms with Gasteiger partial charge in [-0.1, -0.05) is 22.0 Å². The first-order valence-corrected chi connectivity index (χ1v) is 9.06. The first-order chi connectivity index (χ1) is 11.8. The van der Waals surface area contributed by atoms with E-state index in [2.05, 4.69) is 66.4 Å². The molecule has 0 unspecified atom stereocenters. The monoisotopic (exact) mass is 382 g/mol. The van der Waals surface area contributed by atoms with E-state index in [-0.39, 0.29) is 0 Å². The van der Waals surface area contributed by atoms with Gasteiger partial charge in [0.2, 0.25) is 0 Å². The molecular formula is C19H19BrN4. The van der Waals surface area contributed by atoms with Crippen molar-refractivity contribution < 1.29 is 0 Å². The van der Waals surface area contributed by atoms with E-state index in [9.17, 15) is 0 Å². The molecule has 4 nitrogen and oxygen atoms in total. The van der Waals surface area contributed by atoms with Crippen molar-refractivity contribution in [2.75, 3.05) is 23.3 Å². The molecule has 1 N–H and O–H groups in total. The predicted octanol–water partition coefficient (Wildman–Crippen LogP) is 4.47. The lowest BCUT2D eigenvalue weighted by molar-refractivity contribution is 0.524. The van der Waals surface area contributed by atoms with E-state index in [1.165, 1.54) is 11.1 Å². The second-order valence-electron chi connectivity index (χ2n) is 6.11. The Morgan fingerprint density at radius 3 is 2.67 bits per heavy atom. The highest BCUT2D eigenvalue weighted by Gasteiger charge is 2.20. The third-order valence-corrected chi connectivity index (χ3v) is 5.03. The number of piperidine rings is 1. The van der Waals surface area contributed by atoms with Gasteiger partial charge in [0.25, 0.3) is 0 Å². The molecule has 2 aromatic heterocycles. The summed E-state index contributed by atoms with van der Waals surface area (Å²) in [6, 6.07) is 14.9. The van der Waals surface area contributed by atoms with Gasteiger partial charge in [0.05, 0.1) is 5.52 Å². The molecule has 0 radical (unpaired) electrons.